The molecule has 8 nitrogen and oxygen atoms in total. The van der Waals surface area contributed by atoms with Crippen LogP contribution in [-0.4, -0.2) is 39.5 Å². The molecule has 54 heavy (non-hydrogen) atoms. The summed E-state index contributed by atoms with van der Waals surface area (Å²) in [5.74, 6) is -1.65. The molecule has 0 bridgehead atoms. The quantitative estimate of drug-likeness (QED) is 0.107. The Hall–Kier alpha value is -6.80. The van der Waals surface area contributed by atoms with E-state index >= 15 is 0 Å². The fourth-order valence-electron chi connectivity index (χ4n) is 7.65. The second kappa shape index (κ2) is 13.6. The largest absolute Gasteiger partial charge is 0.505 e. The third-order valence-electron chi connectivity index (χ3n) is 10.2. The van der Waals surface area contributed by atoms with Crippen molar-refractivity contribution < 1.29 is 20.4 Å². The molecular formula is C46H40N4O4. The van der Waals surface area contributed by atoms with E-state index in [9.17, 15) is 20.4 Å². The van der Waals surface area contributed by atoms with Crippen LogP contribution in [0.4, 0.5) is 0 Å². The summed E-state index contributed by atoms with van der Waals surface area (Å²) >= 11 is 0. The Balaban J connectivity index is 0.00000203. The minimum absolute atomic E-state index is 0.0176. The first-order valence-corrected chi connectivity index (χ1v) is 18.2. The molecule has 268 valence electrons. The molecule has 0 atom stereocenters. The molecule has 3 aromatic heterocycles. The lowest BCUT2D eigenvalue weighted by Crippen LogP contribution is -2.08. The molecule has 7 aromatic rings. The fraction of sp³-hybridized carbons (Fsp3) is 0.130. The van der Waals surface area contributed by atoms with Gasteiger partial charge in [0.2, 0.25) is 11.7 Å². The summed E-state index contributed by atoms with van der Waals surface area (Å²) in [6.45, 7) is 9.70. The highest BCUT2D eigenvalue weighted by Gasteiger charge is 2.27. The molecule has 0 fully saturated rings. The van der Waals surface area contributed by atoms with Gasteiger partial charge in [-0.15, -0.1) is 0 Å². The molecule has 4 aromatic carbocycles. The van der Waals surface area contributed by atoms with Gasteiger partial charge in [0.1, 0.15) is 11.4 Å². The van der Waals surface area contributed by atoms with Crippen LogP contribution in [0.25, 0.3) is 67.8 Å². The van der Waals surface area contributed by atoms with Gasteiger partial charge in [-0.05, 0) is 79.3 Å². The lowest BCUT2D eigenvalue weighted by Gasteiger charge is -2.16. The highest BCUT2D eigenvalue weighted by atomic mass is 16.3. The van der Waals surface area contributed by atoms with Gasteiger partial charge in [0, 0.05) is 27.3 Å². The van der Waals surface area contributed by atoms with Crippen molar-refractivity contribution in [3.63, 3.8) is 0 Å². The van der Waals surface area contributed by atoms with Crippen molar-refractivity contribution in [1.82, 2.24) is 19.1 Å². The topological polar surface area (TPSA) is 117 Å². The number of phenols is 4. The number of aromatic nitrogens is 4. The van der Waals surface area contributed by atoms with Crippen LogP contribution in [0, 0.1) is 6.92 Å². The normalized spacial score (nSPS) is 15.4. The van der Waals surface area contributed by atoms with Crippen LogP contribution < -0.4 is 0 Å². The van der Waals surface area contributed by atoms with Gasteiger partial charge in [-0.2, -0.15) is 0 Å². The number of phenolic OH excluding ortho intramolecular Hbond substituents is 4. The van der Waals surface area contributed by atoms with Gasteiger partial charge in [0.05, 0.1) is 33.6 Å². The van der Waals surface area contributed by atoms with E-state index in [2.05, 4.69) is 47.6 Å². The SMILES string of the molecule is C=C1/C=C\C=C/Cc2c3c(n(-c4nc(-c5ccc6c(c5)c5ccccc5n6-c5c(O)c(C)c(O)c(O)c5O)c5ccccc5n4)c2/C=C\1)C=CCC3.CC. The third-order valence-corrected chi connectivity index (χ3v) is 10.2. The van der Waals surface area contributed by atoms with E-state index in [4.69, 9.17) is 9.97 Å². The van der Waals surface area contributed by atoms with Crippen LogP contribution in [0.1, 0.15) is 48.3 Å². The Morgan fingerprint density at radius 1 is 0.648 bits per heavy atom. The Morgan fingerprint density at radius 2 is 1.39 bits per heavy atom. The molecule has 4 N–H and O–H groups in total. The zero-order valence-electron chi connectivity index (χ0n) is 30.4. The van der Waals surface area contributed by atoms with Crippen LogP contribution in [0.3, 0.4) is 0 Å². The van der Waals surface area contributed by atoms with Crippen LogP contribution in [0.5, 0.6) is 23.0 Å². The lowest BCUT2D eigenvalue weighted by atomic mass is 9.96. The van der Waals surface area contributed by atoms with E-state index in [0.717, 1.165) is 69.2 Å². The van der Waals surface area contributed by atoms with Gasteiger partial charge < -0.3 is 25.0 Å². The van der Waals surface area contributed by atoms with Gasteiger partial charge >= 0.3 is 0 Å². The van der Waals surface area contributed by atoms with E-state index in [1.165, 1.54) is 18.1 Å². The summed E-state index contributed by atoms with van der Waals surface area (Å²) < 4.78 is 3.88. The summed E-state index contributed by atoms with van der Waals surface area (Å²) in [6.07, 6.45) is 19.5. The molecule has 0 unspecified atom stereocenters. The Morgan fingerprint density at radius 3 is 2.22 bits per heavy atom. The van der Waals surface area contributed by atoms with E-state index in [1.54, 1.807) is 4.57 Å². The molecule has 8 heteroatoms. The van der Waals surface area contributed by atoms with E-state index in [0.29, 0.717) is 17.0 Å². The number of para-hydroxylation sites is 2. The number of benzene rings is 4. The van der Waals surface area contributed by atoms with E-state index in [-0.39, 0.29) is 17.0 Å². The number of fused-ring (bicyclic) bond motifs is 7. The maximum atomic E-state index is 11.2. The maximum absolute atomic E-state index is 11.2. The predicted molar refractivity (Wildman–Crippen MR) is 219 cm³/mol. The Bertz CT molecular complexity index is 2760. The lowest BCUT2D eigenvalue weighted by molar-refractivity contribution is 0.357. The first kappa shape index (κ1) is 34.3. The summed E-state index contributed by atoms with van der Waals surface area (Å²) in [4.78, 5) is 10.5. The summed E-state index contributed by atoms with van der Waals surface area (Å²) in [6, 6.07) is 21.7. The monoisotopic (exact) mass is 712 g/mol. The van der Waals surface area contributed by atoms with Crippen molar-refractivity contribution in [2.24, 2.45) is 0 Å². The number of rotatable bonds is 3. The van der Waals surface area contributed by atoms with Crippen LogP contribution in [0.2, 0.25) is 0 Å². The summed E-state index contributed by atoms with van der Waals surface area (Å²) in [5, 5.41) is 45.8. The molecule has 2 aliphatic rings. The van der Waals surface area contributed by atoms with Crippen LogP contribution >= 0.6 is 0 Å². The fourth-order valence-corrected chi connectivity index (χ4v) is 7.65. The molecule has 0 amide bonds. The van der Waals surface area contributed by atoms with Gasteiger partial charge in [-0.25, -0.2) is 9.97 Å². The number of hydrogen-bond acceptors (Lipinski definition) is 6. The number of aromatic hydroxyl groups is 4. The first-order chi connectivity index (χ1) is 26.3. The standard InChI is InChI=1S/C44H34N4O4.C2H6/c1-25-12-4-3-5-13-29-28-14-7-11-19-35(28)48(36(29)22-20-25)44-45-33-17-9-6-16-31(33)38(46-44)27-21-23-37-32(24-27)30-15-8-10-18-34(30)47(37)39-40(49)26(2)41(50)43(52)42(39)51;1-2/h3-6,8-12,15-24,49-52H,1,7,13-14H2,2H3;1-2H3/b5-3-,12-4-,22-20-;. The number of nitrogens with zero attached hydrogens (tertiary/aromatic N) is 4. The van der Waals surface area contributed by atoms with Crippen LogP contribution in [0.15, 0.2) is 115 Å². The molecule has 0 saturated heterocycles. The molecular weight excluding hydrogens is 673 g/mol. The predicted octanol–water partition coefficient (Wildman–Crippen LogP) is 10.5. The first-order valence-electron chi connectivity index (χ1n) is 18.2. The molecule has 0 radical (unpaired) electrons. The van der Waals surface area contributed by atoms with Gasteiger partial charge in [-0.3, -0.25) is 4.57 Å². The third kappa shape index (κ3) is 5.37. The van der Waals surface area contributed by atoms with Crippen molar-refractivity contribution >= 4 is 44.9 Å². The van der Waals surface area contributed by atoms with Gasteiger partial charge in [-0.1, -0.05) is 99.3 Å². The van der Waals surface area contributed by atoms with Gasteiger partial charge in [0.15, 0.2) is 11.5 Å². The molecule has 0 spiro atoms. The van der Waals surface area contributed by atoms with E-state index in [1.807, 2.05) is 92.7 Å². The van der Waals surface area contributed by atoms with E-state index < -0.39 is 17.2 Å². The second-order valence-electron chi connectivity index (χ2n) is 13.2. The number of hydrogen-bond donors (Lipinski definition) is 4. The number of allylic oxidation sites excluding steroid dienone is 7. The minimum atomic E-state index is -0.693. The van der Waals surface area contributed by atoms with Crippen molar-refractivity contribution in [3.05, 3.63) is 143 Å². The summed E-state index contributed by atoms with van der Waals surface area (Å²) in [5.41, 5.74) is 9.41. The van der Waals surface area contributed by atoms with Gasteiger partial charge in [0.25, 0.3) is 0 Å². The highest BCUT2D eigenvalue weighted by molar-refractivity contribution is 6.11. The zero-order valence-corrected chi connectivity index (χ0v) is 30.4. The minimum Gasteiger partial charge on any atom is -0.505 e. The van der Waals surface area contributed by atoms with Crippen molar-refractivity contribution in [1.29, 1.82) is 0 Å². The molecule has 2 aliphatic carbocycles. The Kier molecular flexibility index (Phi) is 8.66. The average molecular weight is 713 g/mol. The van der Waals surface area contributed by atoms with Crippen LogP contribution in [-0.2, 0) is 12.8 Å². The molecule has 9 rings (SSSR count). The summed E-state index contributed by atoms with van der Waals surface area (Å²) in [7, 11) is 0. The molecule has 0 aliphatic heterocycles. The van der Waals surface area contributed by atoms with Crippen molar-refractivity contribution in [2.45, 2.75) is 40.0 Å². The molecule has 3 heterocycles. The smallest absolute Gasteiger partial charge is 0.235 e. The maximum Gasteiger partial charge on any atom is 0.235 e. The molecule has 0 saturated carbocycles. The average Bonchev–Trinajstić information content (AvgIpc) is 3.71. The Labute approximate surface area is 312 Å². The second-order valence-corrected chi connectivity index (χ2v) is 13.2. The highest BCUT2D eigenvalue weighted by Crippen LogP contribution is 2.50. The zero-order chi connectivity index (χ0) is 37.7. The van der Waals surface area contributed by atoms with Crippen molar-refractivity contribution in [3.8, 4) is 45.9 Å². The van der Waals surface area contributed by atoms with Crippen molar-refractivity contribution in [2.75, 3.05) is 0 Å².